The van der Waals surface area contributed by atoms with E-state index in [4.69, 9.17) is 0 Å². The topological polar surface area (TPSA) is 74.2 Å². The van der Waals surface area contributed by atoms with Gasteiger partial charge in [0.25, 0.3) is 0 Å². The van der Waals surface area contributed by atoms with Crippen LogP contribution in [-0.2, 0) is 6.54 Å². The van der Waals surface area contributed by atoms with Crippen LogP contribution in [-0.4, -0.2) is 28.8 Å². The molecule has 3 N–H and O–H groups in total. The zero-order valence-electron chi connectivity index (χ0n) is 10.9. The number of hydrogen-bond donors (Lipinski definition) is 3. The number of nitrogens with zero attached hydrogens (tertiary/aromatic N) is 1. The zero-order chi connectivity index (χ0) is 13.4. The highest BCUT2D eigenvalue weighted by molar-refractivity contribution is 5.73. The maximum absolute atomic E-state index is 11.4. The monoisotopic (exact) mass is 251 g/mol. The van der Waals surface area contributed by atoms with Gasteiger partial charge in [-0.25, -0.2) is 4.79 Å². The number of amides is 2. The third kappa shape index (κ3) is 5.63. The van der Waals surface area contributed by atoms with Gasteiger partial charge in [-0.3, -0.25) is 4.98 Å². The van der Waals surface area contributed by atoms with Crippen LogP contribution in [0.3, 0.4) is 0 Å². The summed E-state index contributed by atoms with van der Waals surface area (Å²) in [6.45, 7) is 4.70. The van der Waals surface area contributed by atoms with Crippen molar-refractivity contribution in [3.05, 3.63) is 29.6 Å². The first-order valence-electron chi connectivity index (χ1n) is 6.24. The van der Waals surface area contributed by atoms with Crippen molar-refractivity contribution in [2.75, 3.05) is 6.54 Å². The van der Waals surface area contributed by atoms with Crippen LogP contribution >= 0.6 is 0 Å². The lowest BCUT2D eigenvalue weighted by molar-refractivity contribution is 0.160. The Labute approximate surface area is 108 Å². The molecule has 0 saturated heterocycles. The highest BCUT2D eigenvalue weighted by atomic mass is 16.3. The normalized spacial score (nSPS) is 11.9. The van der Waals surface area contributed by atoms with Gasteiger partial charge in [0, 0.05) is 12.2 Å². The maximum atomic E-state index is 11.4. The van der Waals surface area contributed by atoms with Gasteiger partial charge < -0.3 is 15.7 Å². The van der Waals surface area contributed by atoms with Gasteiger partial charge in [0.1, 0.15) is 0 Å². The number of urea groups is 1. The number of aliphatic hydroxyl groups excluding tert-OH is 1. The standard InChI is InChI=1S/C13H21N3O2/c1-3-12(17)7-8-14-13(18)15-9-11-6-4-5-10(2)16-11/h4-6,12,17H,3,7-9H2,1-2H3,(H2,14,15,18). The molecule has 0 bridgehead atoms. The molecule has 0 radical (unpaired) electrons. The second-order valence-electron chi connectivity index (χ2n) is 4.23. The van der Waals surface area contributed by atoms with Crippen LogP contribution in [0.15, 0.2) is 18.2 Å². The number of hydrogen-bond acceptors (Lipinski definition) is 3. The summed E-state index contributed by atoms with van der Waals surface area (Å²) in [5.41, 5.74) is 1.76. The van der Waals surface area contributed by atoms with Gasteiger partial charge in [-0.05, 0) is 31.9 Å². The summed E-state index contributed by atoms with van der Waals surface area (Å²) in [4.78, 5) is 15.7. The molecule has 1 aromatic heterocycles. The van der Waals surface area contributed by atoms with Gasteiger partial charge in [0.15, 0.2) is 0 Å². The molecule has 0 aliphatic carbocycles. The van der Waals surface area contributed by atoms with E-state index in [1.165, 1.54) is 0 Å². The molecule has 2 amide bonds. The zero-order valence-corrected chi connectivity index (χ0v) is 10.9. The highest BCUT2D eigenvalue weighted by Gasteiger charge is 2.03. The second-order valence-corrected chi connectivity index (χ2v) is 4.23. The lowest BCUT2D eigenvalue weighted by atomic mass is 10.2. The van der Waals surface area contributed by atoms with E-state index >= 15 is 0 Å². The largest absolute Gasteiger partial charge is 0.393 e. The molecule has 100 valence electrons. The van der Waals surface area contributed by atoms with E-state index in [9.17, 15) is 9.90 Å². The smallest absolute Gasteiger partial charge is 0.315 e. The van der Waals surface area contributed by atoms with Crippen molar-refractivity contribution in [3.8, 4) is 0 Å². The molecule has 1 heterocycles. The predicted molar refractivity (Wildman–Crippen MR) is 70.1 cm³/mol. The van der Waals surface area contributed by atoms with E-state index in [-0.39, 0.29) is 12.1 Å². The molecule has 0 aliphatic rings. The van der Waals surface area contributed by atoms with Crippen LogP contribution in [0.2, 0.25) is 0 Å². The number of aromatic nitrogens is 1. The molecule has 1 aromatic rings. The number of carbonyl (C=O) groups excluding carboxylic acids is 1. The summed E-state index contributed by atoms with van der Waals surface area (Å²) in [7, 11) is 0. The molecule has 18 heavy (non-hydrogen) atoms. The van der Waals surface area contributed by atoms with Crippen LogP contribution in [0, 0.1) is 6.92 Å². The first-order valence-corrected chi connectivity index (χ1v) is 6.24. The Morgan fingerprint density at radius 3 is 2.89 bits per heavy atom. The van der Waals surface area contributed by atoms with Gasteiger partial charge in [-0.1, -0.05) is 13.0 Å². The Kier molecular flexibility index (Phi) is 6.14. The fourth-order valence-electron chi connectivity index (χ4n) is 1.49. The molecule has 1 rings (SSSR count). The molecule has 0 fully saturated rings. The van der Waals surface area contributed by atoms with Crippen LogP contribution in [0.1, 0.15) is 31.2 Å². The SMILES string of the molecule is CCC(O)CCNC(=O)NCc1cccc(C)n1. The Morgan fingerprint density at radius 2 is 2.22 bits per heavy atom. The number of aliphatic hydroxyl groups is 1. The number of aryl methyl sites for hydroxylation is 1. The van der Waals surface area contributed by atoms with E-state index in [0.717, 1.165) is 11.4 Å². The first kappa shape index (κ1) is 14.4. The van der Waals surface area contributed by atoms with E-state index in [1.807, 2.05) is 32.0 Å². The minimum absolute atomic E-state index is 0.235. The molecule has 1 unspecified atom stereocenters. The van der Waals surface area contributed by atoms with Gasteiger partial charge in [-0.15, -0.1) is 0 Å². The fraction of sp³-hybridized carbons (Fsp3) is 0.538. The minimum atomic E-state index is -0.344. The lowest BCUT2D eigenvalue weighted by Crippen LogP contribution is -2.36. The van der Waals surface area contributed by atoms with Crippen molar-refractivity contribution in [3.63, 3.8) is 0 Å². The van der Waals surface area contributed by atoms with E-state index < -0.39 is 0 Å². The second kappa shape index (κ2) is 7.66. The van der Waals surface area contributed by atoms with Crippen molar-refractivity contribution < 1.29 is 9.90 Å². The average molecular weight is 251 g/mol. The van der Waals surface area contributed by atoms with Crippen LogP contribution in [0.5, 0.6) is 0 Å². The van der Waals surface area contributed by atoms with Gasteiger partial charge in [-0.2, -0.15) is 0 Å². The van der Waals surface area contributed by atoms with E-state index in [0.29, 0.717) is 25.9 Å². The summed E-state index contributed by atoms with van der Waals surface area (Å²) in [5, 5.41) is 14.7. The summed E-state index contributed by atoms with van der Waals surface area (Å²) in [6, 6.07) is 5.46. The quantitative estimate of drug-likeness (QED) is 0.714. The molecule has 1 atom stereocenters. The Hall–Kier alpha value is -1.62. The molecule has 5 heteroatoms. The van der Waals surface area contributed by atoms with E-state index in [2.05, 4.69) is 15.6 Å². The van der Waals surface area contributed by atoms with E-state index in [1.54, 1.807) is 0 Å². The van der Waals surface area contributed by atoms with Crippen LogP contribution in [0.25, 0.3) is 0 Å². The lowest BCUT2D eigenvalue weighted by Gasteiger charge is -2.10. The maximum Gasteiger partial charge on any atom is 0.315 e. The Balaban J connectivity index is 2.21. The third-order valence-electron chi connectivity index (χ3n) is 2.61. The third-order valence-corrected chi connectivity index (χ3v) is 2.61. The van der Waals surface area contributed by atoms with Gasteiger partial charge in [0.2, 0.25) is 0 Å². The first-order chi connectivity index (χ1) is 8.61. The number of carbonyl (C=O) groups is 1. The number of pyridine rings is 1. The minimum Gasteiger partial charge on any atom is -0.393 e. The molecule has 0 spiro atoms. The molecular weight excluding hydrogens is 230 g/mol. The van der Waals surface area contributed by atoms with Crippen molar-refractivity contribution in [2.24, 2.45) is 0 Å². The summed E-state index contributed by atoms with van der Waals surface area (Å²) < 4.78 is 0. The summed E-state index contributed by atoms with van der Waals surface area (Å²) in [6.07, 6.45) is 0.937. The molecule has 0 aliphatic heterocycles. The van der Waals surface area contributed by atoms with Crippen LogP contribution < -0.4 is 10.6 Å². The molecule has 0 aromatic carbocycles. The van der Waals surface area contributed by atoms with Crippen LogP contribution in [0.4, 0.5) is 4.79 Å². The fourth-order valence-corrected chi connectivity index (χ4v) is 1.49. The molecular formula is C13H21N3O2. The molecule has 0 saturated carbocycles. The van der Waals surface area contributed by atoms with Gasteiger partial charge >= 0.3 is 6.03 Å². The number of nitrogens with one attached hydrogen (secondary N) is 2. The average Bonchev–Trinajstić information content (AvgIpc) is 2.36. The molecule has 5 nitrogen and oxygen atoms in total. The van der Waals surface area contributed by atoms with Gasteiger partial charge in [0.05, 0.1) is 18.3 Å². The number of rotatable bonds is 6. The van der Waals surface area contributed by atoms with Crippen molar-refractivity contribution >= 4 is 6.03 Å². The highest BCUT2D eigenvalue weighted by Crippen LogP contribution is 1.97. The Bertz CT molecular complexity index is 382. The van der Waals surface area contributed by atoms with Crippen molar-refractivity contribution in [2.45, 2.75) is 39.3 Å². The van der Waals surface area contributed by atoms with Crippen molar-refractivity contribution in [1.82, 2.24) is 15.6 Å². The Morgan fingerprint density at radius 1 is 1.44 bits per heavy atom. The summed E-state index contributed by atoms with van der Waals surface area (Å²) >= 11 is 0. The van der Waals surface area contributed by atoms with Crippen molar-refractivity contribution in [1.29, 1.82) is 0 Å². The predicted octanol–water partition coefficient (Wildman–Crippen LogP) is 1.35. The summed E-state index contributed by atoms with van der Waals surface area (Å²) in [5.74, 6) is 0.